The highest BCUT2D eigenvalue weighted by atomic mass is 16.3. The molecule has 1 saturated carbocycles. The number of benzene rings is 1. The highest BCUT2D eigenvalue weighted by Gasteiger charge is 2.23. The molecule has 2 aromatic rings. The second-order valence-electron chi connectivity index (χ2n) is 4.72. The molecule has 0 bridgehead atoms. The molecule has 4 nitrogen and oxygen atoms in total. The summed E-state index contributed by atoms with van der Waals surface area (Å²) in [5, 5.41) is 12.1. The summed E-state index contributed by atoms with van der Waals surface area (Å²) in [7, 11) is 0. The molecule has 1 heterocycles. The molecule has 0 atom stereocenters. The van der Waals surface area contributed by atoms with Crippen molar-refractivity contribution in [1.29, 1.82) is 0 Å². The molecule has 1 aromatic carbocycles. The van der Waals surface area contributed by atoms with Gasteiger partial charge in [0.05, 0.1) is 0 Å². The van der Waals surface area contributed by atoms with Crippen molar-refractivity contribution in [3.63, 3.8) is 0 Å². The van der Waals surface area contributed by atoms with Crippen molar-refractivity contribution < 1.29 is 9.90 Å². The van der Waals surface area contributed by atoms with Gasteiger partial charge in [-0.3, -0.25) is 4.79 Å². The fourth-order valence-electron chi connectivity index (χ4n) is 2.00. The van der Waals surface area contributed by atoms with E-state index in [-0.39, 0.29) is 17.5 Å². The summed E-state index contributed by atoms with van der Waals surface area (Å²) >= 11 is 0. The van der Waals surface area contributed by atoms with Crippen LogP contribution < -0.4 is 5.32 Å². The first kappa shape index (κ1) is 11.7. The molecule has 4 heteroatoms. The Morgan fingerprint density at radius 3 is 2.58 bits per heavy atom. The number of anilines is 1. The topological polar surface area (TPSA) is 62.2 Å². The average molecular weight is 254 g/mol. The van der Waals surface area contributed by atoms with Crippen molar-refractivity contribution in [1.82, 2.24) is 4.98 Å². The number of carbonyl (C=O) groups excluding carboxylic acids is 1. The highest BCUT2D eigenvalue weighted by molar-refractivity contribution is 6.04. The van der Waals surface area contributed by atoms with Crippen LogP contribution in [-0.2, 0) is 0 Å². The molecule has 2 N–H and O–H groups in total. The van der Waals surface area contributed by atoms with Crippen LogP contribution in [0.2, 0.25) is 0 Å². The van der Waals surface area contributed by atoms with E-state index in [9.17, 15) is 9.90 Å². The largest absolute Gasteiger partial charge is 0.504 e. The molecule has 1 aliphatic carbocycles. The molecule has 19 heavy (non-hydrogen) atoms. The predicted octanol–water partition coefficient (Wildman–Crippen LogP) is 2.92. The quantitative estimate of drug-likeness (QED) is 0.885. The number of aromatic nitrogens is 1. The Labute approximate surface area is 111 Å². The molecule has 1 aliphatic rings. The van der Waals surface area contributed by atoms with Gasteiger partial charge in [0.15, 0.2) is 11.6 Å². The zero-order chi connectivity index (χ0) is 13.2. The van der Waals surface area contributed by atoms with Gasteiger partial charge in [-0.1, -0.05) is 12.1 Å². The molecule has 3 rings (SSSR count). The van der Waals surface area contributed by atoms with E-state index >= 15 is 0 Å². The first-order valence-electron chi connectivity index (χ1n) is 6.29. The van der Waals surface area contributed by atoms with Gasteiger partial charge in [-0.15, -0.1) is 0 Å². The number of rotatable bonds is 3. The van der Waals surface area contributed by atoms with Crippen LogP contribution in [0.4, 0.5) is 5.82 Å². The third-order valence-corrected chi connectivity index (χ3v) is 3.24. The average Bonchev–Trinajstić information content (AvgIpc) is 3.26. The fraction of sp³-hybridized carbons (Fsp3) is 0.200. The normalized spacial score (nSPS) is 14.1. The lowest BCUT2D eigenvalue weighted by Crippen LogP contribution is -2.12. The number of hydrogen-bond acceptors (Lipinski definition) is 3. The summed E-state index contributed by atoms with van der Waals surface area (Å²) < 4.78 is 0. The highest BCUT2D eigenvalue weighted by Crippen LogP contribution is 2.39. The Hall–Kier alpha value is -2.36. The van der Waals surface area contributed by atoms with Crippen LogP contribution in [0.25, 0.3) is 0 Å². The Balaban J connectivity index is 1.74. The Kier molecular flexibility index (Phi) is 2.91. The van der Waals surface area contributed by atoms with E-state index in [4.69, 9.17) is 0 Å². The van der Waals surface area contributed by atoms with Crippen molar-refractivity contribution in [2.24, 2.45) is 0 Å². The number of pyridine rings is 1. The molecule has 0 unspecified atom stereocenters. The summed E-state index contributed by atoms with van der Waals surface area (Å²) in [5.74, 6) is 0.553. The molecular weight excluding hydrogens is 240 g/mol. The van der Waals surface area contributed by atoms with Crippen LogP contribution in [0.3, 0.4) is 0 Å². The first-order chi connectivity index (χ1) is 9.24. The van der Waals surface area contributed by atoms with Gasteiger partial charge < -0.3 is 10.4 Å². The molecular formula is C15H14N2O2. The van der Waals surface area contributed by atoms with Crippen LogP contribution in [0.15, 0.2) is 42.6 Å². The smallest absolute Gasteiger partial charge is 0.256 e. The number of aromatic hydroxyl groups is 1. The maximum atomic E-state index is 12.0. The monoisotopic (exact) mass is 254 g/mol. The second-order valence-corrected chi connectivity index (χ2v) is 4.72. The van der Waals surface area contributed by atoms with Gasteiger partial charge in [-0.2, -0.15) is 0 Å². The summed E-state index contributed by atoms with van der Waals surface area (Å²) in [6.45, 7) is 0. The minimum absolute atomic E-state index is 0.0366. The number of nitrogens with one attached hydrogen (secondary N) is 1. The van der Waals surface area contributed by atoms with Crippen molar-refractivity contribution in [2.75, 3.05) is 5.32 Å². The Morgan fingerprint density at radius 2 is 1.95 bits per heavy atom. The van der Waals surface area contributed by atoms with E-state index in [0.29, 0.717) is 11.5 Å². The molecule has 0 spiro atoms. The van der Waals surface area contributed by atoms with E-state index in [0.717, 1.165) is 0 Å². The SMILES string of the molecule is O=C(Nc1ncccc1O)c1ccc(C2CC2)cc1. The number of carbonyl (C=O) groups is 1. The lowest BCUT2D eigenvalue weighted by atomic mass is 10.1. The summed E-state index contributed by atoms with van der Waals surface area (Å²) in [5.41, 5.74) is 1.85. The van der Waals surface area contributed by atoms with Crippen molar-refractivity contribution >= 4 is 11.7 Å². The molecule has 0 saturated heterocycles. The third kappa shape index (κ3) is 2.57. The summed E-state index contributed by atoms with van der Waals surface area (Å²) in [4.78, 5) is 15.9. The fourth-order valence-corrected chi connectivity index (χ4v) is 2.00. The van der Waals surface area contributed by atoms with Crippen LogP contribution >= 0.6 is 0 Å². The molecule has 1 aromatic heterocycles. The van der Waals surface area contributed by atoms with Crippen LogP contribution in [-0.4, -0.2) is 16.0 Å². The molecule has 0 aliphatic heterocycles. The lowest BCUT2D eigenvalue weighted by Gasteiger charge is -2.06. The zero-order valence-corrected chi connectivity index (χ0v) is 10.3. The second kappa shape index (κ2) is 4.72. The van der Waals surface area contributed by atoms with Gasteiger partial charge in [0.1, 0.15) is 0 Å². The predicted molar refractivity (Wildman–Crippen MR) is 72.3 cm³/mol. The standard InChI is InChI=1S/C15H14N2O2/c18-13-2-1-9-16-14(13)17-15(19)12-7-5-11(6-8-12)10-3-4-10/h1-2,5-10,18H,3-4H2,(H,16,17,19). The van der Waals surface area contributed by atoms with E-state index < -0.39 is 0 Å². The summed E-state index contributed by atoms with van der Waals surface area (Å²) in [6.07, 6.45) is 4.01. The van der Waals surface area contributed by atoms with Gasteiger partial charge in [-0.25, -0.2) is 4.98 Å². The molecule has 1 fully saturated rings. The van der Waals surface area contributed by atoms with Crippen LogP contribution in [0, 0.1) is 0 Å². The van der Waals surface area contributed by atoms with Crippen molar-refractivity contribution in [3.8, 4) is 5.75 Å². The molecule has 0 radical (unpaired) electrons. The lowest BCUT2D eigenvalue weighted by molar-refractivity contribution is 0.102. The zero-order valence-electron chi connectivity index (χ0n) is 10.3. The van der Waals surface area contributed by atoms with E-state index in [1.165, 1.54) is 30.7 Å². The van der Waals surface area contributed by atoms with Gasteiger partial charge in [-0.05, 0) is 48.6 Å². The number of amides is 1. The number of nitrogens with zero attached hydrogens (tertiary/aromatic N) is 1. The Bertz CT molecular complexity index is 604. The van der Waals surface area contributed by atoms with Gasteiger partial charge in [0.25, 0.3) is 5.91 Å². The van der Waals surface area contributed by atoms with E-state index in [2.05, 4.69) is 10.3 Å². The molecule has 96 valence electrons. The minimum atomic E-state index is -0.267. The number of hydrogen-bond donors (Lipinski definition) is 2. The minimum Gasteiger partial charge on any atom is -0.504 e. The molecule has 1 amide bonds. The van der Waals surface area contributed by atoms with E-state index in [1.54, 1.807) is 6.07 Å². The van der Waals surface area contributed by atoms with Gasteiger partial charge in [0.2, 0.25) is 0 Å². The first-order valence-corrected chi connectivity index (χ1v) is 6.29. The van der Waals surface area contributed by atoms with Crippen LogP contribution in [0.5, 0.6) is 5.75 Å². The van der Waals surface area contributed by atoms with Crippen LogP contribution in [0.1, 0.15) is 34.7 Å². The van der Waals surface area contributed by atoms with Crippen molar-refractivity contribution in [2.45, 2.75) is 18.8 Å². The maximum Gasteiger partial charge on any atom is 0.256 e. The van der Waals surface area contributed by atoms with Crippen molar-refractivity contribution in [3.05, 3.63) is 53.7 Å². The van der Waals surface area contributed by atoms with E-state index in [1.807, 2.05) is 24.3 Å². The van der Waals surface area contributed by atoms with Gasteiger partial charge >= 0.3 is 0 Å². The Morgan fingerprint density at radius 1 is 1.21 bits per heavy atom. The van der Waals surface area contributed by atoms with Gasteiger partial charge in [0, 0.05) is 11.8 Å². The summed E-state index contributed by atoms with van der Waals surface area (Å²) in [6, 6.07) is 10.7. The maximum absolute atomic E-state index is 12.0. The third-order valence-electron chi connectivity index (χ3n) is 3.24.